The maximum atomic E-state index is 11.5. The predicted molar refractivity (Wildman–Crippen MR) is 63.3 cm³/mol. The summed E-state index contributed by atoms with van der Waals surface area (Å²) in [5, 5.41) is 3.30. The summed E-state index contributed by atoms with van der Waals surface area (Å²) in [6.07, 6.45) is 2.09. The van der Waals surface area contributed by atoms with Crippen LogP contribution in [0.25, 0.3) is 0 Å². The molecule has 0 atom stereocenters. The minimum atomic E-state index is -0.624. The zero-order chi connectivity index (χ0) is 13.5. The molecule has 0 unspecified atom stereocenters. The van der Waals surface area contributed by atoms with E-state index in [0.29, 0.717) is 26.2 Å². The SMILES string of the molecule is CCN(CC)C(=O)NC(=O)/C=C/C(=O)N1CCO1. The number of hydrogen-bond donors (Lipinski definition) is 1. The van der Waals surface area contributed by atoms with Crippen LogP contribution in [-0.2, 0) is 14.4 Å². The van der Waals surface area contributed by atoms with Gasteiger partial charge in [0.05, 0.1) is 13.2 Å². The first-order chi connectivity index (χ1) is 8.58. The van der Waals surface area contributed by atoms with Gasteiger partial charge in [0.2, 0.25) is 0 Å². The van der Waals surface area contributed by atoms with Gasteiger partial charge in [-0.05, 0) is 13.8 Å². The molecule has 100 valence electrons. The molecule has 0 aromatic heterocycles. The molecule has 0 aliphatic carbocycles. The molecule has 0 aromatic rings. The Kier molecular flexibility index (Phi) is 5.31. The molecule has 1 fully saturated rings. The van der Waals surface area contributed by atoms with Crippen molar-refractivity contribution in [1.29, 1.82) is 0 Å². The lowest BCUT2D eigenvalue weighted by atomic mass is 10.4. The monoisotopic (exact) mass is 255 g/mol. The highest BCUT2D eigenvalue weighted by atomic mass is 16.7. The molecule has 0 aromatic carbocycles. The third-order valence-electron chi connectivity index (χ3n) is 2.45. The van der Waals surface area contributed by atoms with Crippen molar-refractivity contribution in [3.8, 4) is 0 Å². The van der Waals surface area contributed by atoms with Crippen molar-refractivity contribution < 1.29 is 19.2 Å². The minimum Gasteiger partial charge on any atom is -0.325 e. The predicted octanol–water partition coefficient (Wildman–Crippen LogP) is -0.106. The number of amides is 4. The molecule has 1 N–H and O–H groups in total. The van der Waals surface area contributed by atoms with Gasteiger partial charge >= 0.3 is 6.03 Å². The Balaban J connectivity index is 2.38. The van der Waals surface area contributed by atoms with E-state index in [1.807, 2.05) is 13.8 Å². The summed E-state index contributed by atoms with van der Waals surface area (Å²) < 4.78 is 0. The fourth-order valence-corrected chi connectivity index (χ4v) is 1.32. The fourth-order valence-electron chi connectivity index (χ4n) is 1.32. The van der Waals surface area contributed by atoms with Crippen LogP contribution in [0, 0.1) is 0 Å². The maximum absolute atomic E-state index is 11.5. The van der Waals surface area contributed by atoms with Crippen LogP contribution in [0.4, 0.5) is 4.79 Å². The molecule has 4 amide bonds. The van der Waals surface area contributed by atoms with Crippen LogP contribution in [-0.4, -0.2) is 54.0 Å². The number of carbonyl (C=O) groups is 3. The Hall–Kier alpha value is -1.89. The number of nitrogens with one attached hydrogen (secondary N) is 1. The summed E-state index contributed by atoms with van der Waals surface area (Å²) in [5.41, 5.74) is 0. The van der Waals surface area contributed by atoms with Crippen molar-refractivity contribution in [3.63, 3.8) is 0 Å². The molecule has 18 heavy (non-hydrogen) atoms. The van der Waals surface area contributed by atoms with Gasteiger partial charge in [0, 0.05) is 25.2 Å². The molecule has 0 bridgehead atoms. The highest BCUT2D eigenvalue weighted by Gasteiger charge is 2.19. The van der Waals surface area contributed by atoms with Gasteiger partial charge in [0.25, 0.3) is 11.8 Å². The van der Waals surface area contributed by atoms with Gasteiger partial charge in [-0.25, -0.2) is 9.86 Å². The van der Waals surface area contributed by atoms with Gasteiger partial charge in [-0.2, -0.15) is 0 Å². The van der Waals surface area contributed by atoms with Crippen LogP contribution in [0.15, 0.2) is 12.2 Å². The van der Waals surface area contributed by atoms with Gasteiger partial charge in [0.1, 0.15) is 0 Å². The van der Waals surface area contributed by atoms with Crippen LogP contribution >= 0.6 is 0 Å². The van der Waals surface area contributed by atoms with Crippen LogP contribution < -0.4 is 5.32 Å². The Morgan fingerprint density at radius 2 is 1.89 bits per heavy atom. The van der Waals surface area contributed by atoms with E-state index in [4.69, 9.17) is 4.84 Å². The molecule has 1 rings (SSSR count). The van der Waals surface area contributed by atoms with E-state index in [1.165, 1.54) is 4.90 Å². The second kappa shape index (κ2) is 6.75. The van der Waals surface area contributed by atoms with Gasteiger partial charge in [-0.15, -0.1) is 0 Å². The molecule has 7 nitrogen and oxygen atoms in total. The molecule has 7 heteroatoms. The molecule has 0 spiro atoms. The number of imide groups is 1. The number of nitrogens with zero attached hydrogens (tertiary/aromatic N) is 2. The first-order valence-electron chi connectivity index (χ1n) is 5.80. The van der Waals surface area contributed by atoms with Crippen molar-refractivity contribution in [3.05, 3.63) is 12.2 Å². The molecular weight excluding hydrogens is 238 g/mol. The molecule has 0 saturated carbocycles. The van der Waals surface area contributed by atoms with Gasteiger partial charge < -0.3 is 4.90 Å². The second-order valence-electron chi connectivity index (χ2n) is 3.57. The normalized spacial score (nSPS) is 14.2. The molecule has 1 saturated heterocycles. The summed E-state index contributed by atoms with van der Waals surface area (Å²) in [7, 11) is 0. The van der Waals surface area contributed by atoms with Crippen molar-refractivity contribution in [2.75, 3.05) is 26.2 Å². The Labute approximate surface area is 105 Å². The maximum Gasteiger partial charge on any atom is 0.324 e. The van der Waals surface area contributed by atoms with E-state index >= 15 is 0 Å². The highest BCUT2D eigenvalue weighted by Crippen LogP contribution is 2.02. The standard InChI is InChI=1S/C11H17N3O4/c1-3-13(4-2)11(17)12-9(15)5-6-10(16)14-7-8-18-14/h5-6H,3-4,7-8H2,1-2H3,(H,12,15,17)/b6-5+. The van der Waals surface area contributed by atoms with Crippen LogP contribution in [0.3, 0.4) is 0 Å². The van der Waals surface area contributed by atoms with Crippen molar-refractivity contribution in [2.24, 2.45) is 0 Å². The fraction of sp³-hybridized carbons (Fsp3) is 0.545. The molecule has 1 aliphatic rings. The van der Waals surface area contributed by atoms with Crippen LogP contribution in [0.5, 0.6) is 0 Å². The molecule has 1 aliphatic heterocycles. The first kappa shape index (κ1) is 14.2. The van der Waals surface area contributed by atoms with E-state index in [-0.39, 0.29) is 0 Å². The van der Waals surface area contributed by atoms with Gasteiger partial charge in [-0.3, -0.25) is 19.7 Å². The number of hydroxylamine groups is 2. The Morgan fingerprint density at radius 3 is 2.33 bits per heavy atom. The van der Waals surface area contributed by atoms with Gasteiger partial charge in [0.15, 0.2) is 0 Å². The van der Waals surface area contributed by atoms with E-state index < -0.39 is 17.8 Å². The van der Waals surface area contributed by atoms with E-state index in [0.717, 1.165) is 17.2 Å². The lowest BCUT2D eigenvalue weighted by Gasteiger charge is -2.28. The summed E-state index contributed by atoms with van der Waals surface area (Å²) in [6, 6.07) is -0.470. The Bertz CT molecular complexity index is 359. The number of urea groups is 1. The van der Waals surface area contributed by atoms with Crippen LogP contribution in [0.1, 0.15) is 13.8 Å². The third-order valence-corrected chi connectivity index (χ3v) is 2.45. The number of rotatable bonds is 4. The topological polar surface area (TPSA) is 79.0 Å². The van der Waals surface area contributed by atoms with E-state index in [2.05, 4.69) is 5.32 Å². The quantitative estimate of drug-likeness (QED) is 0.711. The lowest BCUT2D eigenvalue weighted by Crippen LogP contribution is -2.43. The summed E-state index contributed by atoms with van der Waals surface area (Å²) in [6.45, 7) is 5.68. The van der Waals surface area contributed by atoms with Crippen LogP contribution in [0.2, 0.25) is 0 Å². The summed E-state index contributed by atoms with van der Waals surface area (Å²) in [4.78, 5) is 40.4. The number of carbonyl (C=O) groups excluding carboxylic acids is 3. The molecule has 0 radical (unpaired) electrons. The smallest absolute Gasteiger partial charge is 0.324 e. The average Bonchev–Trinajstić information content (AvgIpc) is 2.25. The third kappa shape index (κ3) is 3.85. The Morgan fingerprint density at radius 1 is 1.28 bits per heavy atom. The average molecular weight is 255 g/mol. The highest BCUT2D eigenvalue weighted by molar-refractivity contribution is 6.03. The zero-order valence-electron chi connectivity index (χ0n) is 10.5. The molecular formula is C11H17N3O4. The minimum absolute atomic E-state index is 0.410. The van der Waals surface area contributed by atoms with Gasteiger partial charge in [-0.1, -0.05) is 0 Å². The first-order valence-corrected chi connectivity index (χ1v) is 5.80. The van der Waals surface area contributed by atoms with Crippen molar-refractivity contribution in [2.45, 2.75) is 13.8 Å². The van der Waals surface area contributed by atoms with E-state index in [1.54, 1.807) is 0 Å². The largest absolute Gasteiger partial charge is 0.325 e. The van der Waals surface area contributed by atoms with Crippen molar-refractivity contribution >= 4 is 17.8 Å². The number of hydrogen-bond acceptors (Lipinski definition) is 4. The lowest BCUT2D eigenvalue weighted by molar-refractivity contribution is -0.234. The van der Waals surface area contributed by atoms with E-state index in [9.17, 15) is 14.4 Å². The zero-order valence-corrected chi connectivity index (χ0v) is 10.5. The van der Waals surface area contributed by atoms with Crippen molar-refractivity contribution in [1.82, 2.24) is 15.3 Å². The molecule has 1 heterocycles. The summed E-state index contributed by atoms with van der Waals surface area (Å²) >= 11 is 0. The second-order valence-corrected chi connectivity index (χ2v) is 3.57. The summed E-state index contributed by atoms with van der Waals surface area (Å²) in [5.74, 6) is -1.03.